The van der Waals surface area contributed by atoms with Gasteiger partial charge in [0.2, 0.25) is 0 Å². The highest BCUT2D eigenvalue weighted by Gasteiger charge is 1.92. The van der Waals surface area contributed by atoms with Gasteiger partial charge in [0.05, 0.1) is 0 Å². The fourth-order valence-electron chi connectivity index (χ4n) is 0.950. The van der Waals surface area contributed by atoms with Crippen LogP contribution < -0.4 is 5.84 Å². The van der Waals surface area contributed by atoms with Gasteiger partial charge < -0.3 is 0 Å². The van der Waals surface area contributed by atoms with Crippen LogP contribution in [0, 0.1) is 0 Å². The van der Waals surface area contributed by atoms with Crippen molar-refractivity contribution in [3.8, 4) is 0 Å². The van der Waals surface area contributed by atoms with Crippen molar-refractivity contribution in [2.75, 3.05) is 13.6 Å². The summed E-state index contributed by atoms with van der Waals surface area (Å²) >= 11 is 0. The molecule has 2 nitrogen and oxygen atoms in total. The van der Waals surface area contributed by atoms with Crippen LogP contribution in [0.3, 0.4) is 0 Å². The van der Waals surface area contributed by atoms with Crippen LogP contribution in [0.1, 0.15) is 5.56 Å². The molecular formula is C9H15ClN2. The van der Waals surface area contributed by atoms with Crippen LogP contribution in [0.2, 0.25) is 0 Å². The first kappa shape index (κ1) is 11.4. The Morgan fingerprint density at radius 2 is 1.83 bits per heavy atom. The second-order valence-corrected chi connectivity index (χ2v) is 2.72. The molecule has 0 aliphatic heterocycles. The summed E-state index contributed by atoms with van der Waals surface area (Å²) < 4.78 is 0. The first-order valence-electron chi connectivity index (χ1n) is 3.79. The first-order valence-corrected chi connectivity index (χ1v) is 3.79. The molecule has 0 heterocycles. The number of hydrazine groups is 1. The lowest BCUT2D eigenvalue weighted by Gasteiger charge is -2.08. The Kier molecular flexibility index (Phi) is 5.72. The Balaban J connectivity index is 0.00000121. The van der Waals surface area contributed by atoms with Gasteiger partial charge in [-0.25, -0.2) is 5.01 Å². The molecule has 0 aliphatic rings. The molecule has 0 atom stereocenters. The van der Waals surface area contributed by atoms with Crippen molar-refractivity contribution >= 4 is 12.4 Å². The topological polar surface area (TPSA) is 29.3 Å². The molecule has 0 spiro atoms. The third kappa shape index (κ3) is 4.34. The second-order valence-electron chi connectivity index (χ2n) is 2.72. The van der Waals surface area contributed by atoms with Gasteiger partial charge >= 0.3 is 0 Å². The standard InChI is InChI=1S/C9H14N2.ClH/c1-11(10)8-7-9-5-3-2-4-6-9;/h2-6H,7-8,10H2,1H3;1H. The zero-order chi connectivity index (χ0) is 8.10. The van der Waals surface area contributed by atoms with E-state index in [0.717, 1.165) is 13.0 Å². The van der Waals surface area contributed by atoms with E-state index in [4.69, 9.17) is 5.84 Å². The molecule has 0 bridgehead atoms. The minimum Gasteiger partial charge on any atom is -0.269 e. The van der Waals surface area contributed by atoms with E-state index in [1.54, 1.807) is 5.01 Å². The van der Waals surface area contributed by atoms with Crippen LogP contribution in [0.4, 0.5) is 0 Å². The van der Waals surface area contributed by atoms with Gasteiger partial charge in [0.25, 0.3) is 0 Å². The molecule has 0 saturated heterocycles. The van der Waals surface area contributed by atoms with E-state index in [9.17, 15) is 0 Å². The van der Waals surface area contributed by atoms with Crippen molar-refractivity contribution in [2.45, 2.75) is 6.42 Å². The highest BCUT2D eigenvalue weighted by atomic mass is 35.5. The van der Waals surface area contributed by atoms with Gasteiger partial charge in [-0.05, 0) is 12.0 Å². The molecule has 1 aromatic rings. The maximum Gasteiger partial charge on any atom is 0.0165 e. The molecule has 1 aromatic carbocycles. The zero-order valence-electron chi connectivity index (χ0n) is 7.23. The number of halogens is 1. The monoisotopic (exact) mass is 186 g/mol. The Morgan fingerprint density at radius 1 is 1.25 bits per heavy atom. The average Bonchev–Trinajstić information content (AvgIpc) is 2.03. The molecule has 0 unspecified atom stereocenters. The lowest BCUT2D eigenvalue weighted by Crippen LogP contribution is -2.28. The molecule has 0 radical (unpaired) electrons. The predicted molar refractivity (Wildman–Crippen MR) is 54.2 cm³/mol. The lowest BCUT2D eigenvalue weighted by molar-refractivity contribution is 0.354. The molecule has 0 fully saturated rings. The number of benzene rings is 1. The Morgan fingerprint density at radius 3 is 2.33 bits per heavy atom. The average molecular weight is 187 g/mol. The number of nitrogens with two attached hydrogens (primary N) is 1. The molecule has 2 N–H and O–H groups in total. The van der Waals surface area contributed by atoms with Crippen molar-refractivity contribution in [2.24, 2.45) is 5.84 Å². The van der Waals surface area contributed by atoms with Crippen LogP contribution >= 0.6 is 12.4 Å². The lowest BCUT2D eigenvalue weighted by atomic mass is 10.1. The smallest absolute Gasteiger partial charge is 0.0165 e. The predicted octanol–water partition coefficient (Wildman–Crippen LogP) is 1.46. The number of likely N-dealkylation sites (N-methyl/N-ethyl adjacent to an activating group) is 1. The van der Waals surface area contributed by atoms with Gasteiger partial charge in [0.1, 0.15) is 0 Å². The molecule has 3 heteroatoms. The largest absolute Gasteiger partial charge is 0.269 e. The van der Waals surface area contributed by atoms with E-state index >= 15 is 0 Å². The van der Waals surface area contributed by atoms with Gasteiger partial charge in [0.15, 0.2) is 0 Å². The van der Waals surface area contributed by atoms with Crippen molar-refractivity contribution in [1.29, 1.82) is 0 Å². The first-order chi connectivity index (χ1) is 5.29. The van der Waals surface area contributed by atoms with Crippen molar-refractivity contribution in [3.05, 3.63) is 35.9 Å². The van der Waals surface area contributed by atoms with E-state index in [-0.39, 0.29) is 12.4 Å². The zero-order valence-corrected chi connectivity index (χ0v) is 8.05. The number of hydrogen-bond acceptors (Lipinski definition) is 2. The molecule has 0 saturated carbocycles. The second kappa shape index (κ2) is 6.00. The summed E-state index contributed by atoms with van der Waals surface area (Å²) in [5.41, 5.74) is 1.34. The van der Waals surface area contributed by atoms with Gasteiger partial charge in [0, 0.05) is 13.6 Å². The maximum atomic E-state index is 5.47. The van der Waals surface area contributed by atoms with E-state index in [2.05, 4.69) is 12.1 Å². The Bertz CT molecular complexity index is 199. The maximum absolute atomic E-state index is 5.47. The SMILES string of the molecule is CN(N)CCc1ccccc1.Cl. The number of rotatable bonds is 3. The van der Waals surface area contributed by atoms with Gasteiger partial charge in [-0.1, -0.05) is 30.3 Å². The van der Waals surface area contributed by atoms with Crippen LogP contribution in [-0.2, 0) is 6.42 Å². The van der Waals surface area contributed by atoms with Crippen LogP contribution in [0.5, 0.6) is 0 Å². The summed E-state index contributed by atoms with van der Waals surface area (Å²) in [5, 5.41) is 1.70. The van der Waals surface area contributed by atoms with Gasteiger partial charge in [-0.3, -0.25) is 5.84 Å². The summed E-state index contributed by atoms with van der Waals surface area (Å²) in [6.07, 6.45) is 1.02. The number of nitrogens with zero attached hydrogens (tertiary/aromatic N) is 1. The Labute approximate surface area is 79.7 Å². The third-order valence-electron chi connectivity index (χ3n) is 1.60. The molecule has 0 aromatic heterocycles. The summed E-state index contributed by atoms with van der Waals surface area (Å²) in [5.74, 6) is 5.47. The molecule has 0 aliphatic carbocycles. The van der Waals surface area contributed by atoms with Gasteiger partial charge in [-0.15, -0.1) is 12.4 Å². The molecule has 1 rings (SSSR count). The summed E-state index contributed by atoms with van der Waals surface area (Å²) in [7, 11) is 1.88. The Hall–Kier alpha value is -0.570. The van der Waals surface area contributed by atoms with E-state index in [1.807, 2.05) is 25.2 Å². The summed E-state index contributed by atoms with van der Waals surface area (Å²) in [6, 6.07) is 10.3. The van der Waals surface area contributed by atoms with Crippen LogP contribution in [0.15, 0.2) is 30.3 Å². The van der Waals surface area contributed by atoms with Crippen molar-refractivity contribution in [3.63, 3.8) is 0 Å². The van der Waals surface area contributed by atoms with E-state index < -0.39 is 0 Å². The highest BCUT2D eigenvalue weighted by Crippen LogP contribution is 1.98. The fraction of sp³-hybridized carbons (Fsp3) is 0.333. The van der Waals surface area contributed by atoms with Crippen LogP contribution in [-0.4, -0.2) is 18.6 Å². The summed E-state index contributed by atoms with van der Waals surface area (Å²) in [6.45, 7) is 0.907. The summed E-state index contributed by atoms with van der Waals surface area (Å²) in [4.78, 5) is 0. The van der Waals surface area contributed by atoms with Gasteiger partial charge in [-0.2, -0.15) is 0 Å². The van der Waals surface area contributed by atoms with Crippen molar-refractivity contribution < 1.29 is 0 Å². The van der Waals surface area contributed by atoms with E-state index in [0.29, 0.717) is 0 Å². The normalized spacial score (nSPS) is 9.58. The van der Waals surface area contributed by atoms with Crippen molar-refractivity contribution in [1.82, 2.24) is 5.01 Å². The minimum absolute atomic E-state index is 0. The quantitative estimate of drug-likeness (QED) is 0.572. The molecule has 12 heavy (non-hydrogen) atoms. The third-order valence-corrected chi connectivity index (χ3v) is 1.60. The van der Waals surface area contributed by atoms with Crippen LogP contribution in [0.25, 0.3) is 0 Å². The molecular weight excluding hydrogens is 172 g/mol. The minimum atomic E-state index is 0. The number of hydrogen-bond donors (Lipinski definition) is 1. The molecule has 0 amide bonds. The highest BCUT2D eigenvalue weighted by molar-refractivity contribution is 5.85. The molecule has 68 valence electrons. The van der Waals surface area contributed by atoms with E-state index in [1.165, 1.54) is 5.56 Å². The fourth-order valence-corrected chi connectivity index (χ4v) is 0.950.